The minimum absolute atomic E-state index is 0.174. The van der Waals surface area contributed by atoms with Gasteiger partial charge in [0.2, 0.25) is 12.7 Å². The van der Waals surface area contributed by atoms with Gasteiger partial charge in [0.25, 0.3) is 0 Å². The van der Waals surface area contributed by atoms with Crippen LogP contribution in [0.2, 0.25) is 0 Å². The number of rotatable bonds is 6. The van der Waals surface area contributed by atoms with Crippen molar-refractivity contribution < 1.29 is 14.3 Å². The standard InChI is InChI=1S/C22H27N3O3/c1-23(14-18-5-3-2-4-6-18)22(26)16-25-11-9-24(10-12-25)15-19-7-8-20-21(13-19)28-17-27-20/h2-8,13H,9-12,14-17H2,1H3. The molecule has 28 heavy (non-hydrogen) atoms. The van der Waals surface area contributed by atoms with Gasteiger partial charge < -0.3 is 14.4 Å². The molecule has 2 aromatic carbocycles. The van der Waals surface area contributed by atoms with Gasteiger partial charge in [0, 0.05) is 46.3 Å². The highest BCUT2D eigenvalue weighted by molar-refractivity contribution is 5.78. The van der Waals surface area contributed by atoms with E-state index in [2.05, 4.69) is 34.1 Å². The van der Waals surface area contributed by atoms with Gasteiger partial charge in [-0.15, -0.1) is 0 Å². The van der Waals surface area contributed by atoms with E-state index in [0.717, 1.165) is 49.8 Å². The van der Waals surface area contributed by atoms with Gasteiger partial charge in [-0.3, -0.25) is 14.6 Å². The van der Waals surface area contributed by atoms with E-state index in [-0.39, 0.29) is 5.91 Å². The Hall–Kier alpha value is -2.57. The van der Waals surface area contributed by atoms with Crippen LogP contribution in [0.1, 0.15) is 11.1 Å². The maximum Gasteiger partial charge on any atom is 0.236 e. The van der Waals surface area contributed by atoms with Crippen molar-refractivity contribution >= 4 is 5.91 Å². The molecule has 0 unspecified atom stereocenters. The van der Waals surface area contributed by atoms with E-state index in [9.17, 15) is 4.79 Å². The number of benzene rings is 2. The van der Waals surface area contributed by atoms with E-state index < -0.39 is 0 Å². The lowest BCUT2D eigenvalue weighted by atomic mass is 10.1. The molecule has 0 atom stereocenters. The maximum absolute atomic E-state index is 12.5. The Bertz CT molecular complexity index is 804. The summed E-state index contributed by atoms with van der Waals surface area (Å²) in [6.45, 7) is 6.10. The van der Waals surface area contributed by atoms with Crippen molar-refractivity contribution in [3.05, 3.63) is 59.7 Å². The minimum atomic E-state index is 0.174. The number of piperazine rings is 1. The number of ether oxygens (including phenoxy) is 2. The molecule has 0 aliphatic carbocycles. The van der Waals surface area contributed by atoms with Gasteiger partial charge in [-0.25, -0.2) is 0 Å². The molecule has 2 aliphatic rings. The van der Waals surface area contributed by atoms with Gasteiger partial charge in [-0.05, 0) is 23.3 Å². The first kappa shape index (κ1) is 18.8. The molecule has 1 amide bonds. The summed E-state index contributed by atoms with van der Waals surface area (Å²) in [6.07, 6.45) is 0. The molecule has 0 bridgehead atoms. The summed E-state index contributed by atoms with van der Waals surface area (Å²) in [7, 11) is 1.88. The molecular formula is C22H27N3O3. The Morgan fingerprint density at radius 3 is 2.43 bits per heavy atom. The lowest BCUT2D eigenvalue weighted by Crippen LogP contribution is -2.49. The molecule has 2 aromatic rings. The molecule has 1 saturated heterocycles. The van der Waals surface area contributed by atoms with E-state index in [1.807, 2.05) is 36.2 Å². The normalized spacial score (nSPS) is 16.9. The molecule has 0 N–H and O–H groups in total. The molecule has 0 spiro atoms. The first-order valence-electron chi connectivity index (χ1n) is 9.78. The molecule has 0 radical (unpaired) electrons. The smallest absolute Gasteiger partial charge is 0.236 e. The molecule has 2 aliphatic heterocycles. The van der Waals surface area contributed by atoms with Crippen molar-refractivity contribution in [3.8, 4) is 11.5 Å². The molecule has 6 nitrogen and oxygen atoms in total. The molecule has 4 rings (SSSR count). The molecular weight excluding hydrogens is 354 g/mol. The topological polar surface area (TPSA) is 45.3 Å². The van der Waals surface area contributed by atoms with Crippen molar-refractivity contribution in [2.75, 3.05) is 46.6 Å². The second-order valence-electron chi connectivity index (χ2n) is 7.48. The highest BCUT2D eigenvalue weighted by atomic mass is 16.7. The summed E-state index contributed by atoms with van der Waals surface area (Å²) in [5, 5.41) is 0. The molecule has 6 heteroatoms. The Kier molecular flexibility index (Phi) is 5.78. The van der Waals surface area contributed by atoms with Crippen molar-refractivity contribution in [2.24, 2.45) is 0 Å². The van der Waals surface area contributed by atoms with Gasteiger partial charge in [0.1, 0.15) is 0 Å². The van der Waals surface area contributed by atoms with Gasteiger partial charge in [-0.1, -0.05) is 36.4 Å². The second-order valence-corrected chi connectivity index (χ2v) is 7.48. The zero-order valence-electron chi connectivity index (χ0n) is 16.3. The third kappa shape index (κ3) is 4.64. The summed E-state index contributed by atoms with van der Waals surface area (Å²) >= 11 is 0. The van der Waals surface area contributed by atoms with E-state index in [4.69, 9.17) is 9.47 Å². The van der Waals surface area contributed by atoms with E-state index >= 15 is 0 Å². The quantitative estimate of drug-likeness (QED) is 0.768. The third-order valence-electron chi connectivity index (χ3n) is 5.36. The fraction of sp³-hybridized carbons (Fsp3) is 0.409. The predicted molar refractivity (Wildman–Crippen MR) is 107 cm³/mol. The third-order valence-corrected chi connectivity index (χ3v) is 5.36. The average molecular weight is 381 g/mol. The van der Waals surface area contributed by atoms with Crippen LogP contribution in [0.25, 0.3) is 0 Å². The van der Waals surface area contributed by atoms with E-state index in [1.54, 1.807) is 0 Å². The van der Waals surface area contributed by atoms with Crippen LogP contribution in [-0.4, -0.2) is 67.2 Å². The lowest BCUT2D eigenvalue weighted by molar-refractivity contribution is -0.132. The highest BCUT2D eigenvalue weighted by Crippen LogP contribution is 2.32. The lowest BCUT2D eigenvalue weighted by Gasteiger charge is -2.35. The van der Waals surface area contributed by atoms with Gasteiger partial charge in [-0.2, -0.15) is 0 Å². The number of hydrogen-bond acceptors (Lipinski definition) is 5. The Labute approximate surface area is 166 Å². The van der Waals surface area contributed by atoms with Crippen LogP contribution in [0, 0.1) is 0 Å². The van der Waals surface area contributed by atoms with Gasteiger partial charge >= 0.3 is 0 Å². The van der Waals surface area contributed by atoms with Crippen molar-refractivity contribution in [2.45, 2.75) is 13.1 Å². The summed E-state index contributed by atoms with van der Waals surface area (Å²) in [5.74, 6) is 1.84. The number of hydrogen-bond donors (Lipinski definition) is 0. The number of nitrogens with zero attached hydrogens (tertiary/aromatic N) is 3. The fourth-order valence-electron chi connectivity index (χ4n) is 3.66. The van der Waals surface area contributed by atoms with Crippen LogP contribution in [0.4, 0.5) is 0 Å². The predicted octanol–water partition coefficient (Wildman–Crippen LogP) is 2.19. The summed E-state index contributed by atoms with van der Waals surface area (Å²) < 4.78 is 10.8. The number of amides is 1. The molecule has 1 fully saturated rings. The first-order chi connectivity index (χ1) is 13.7. The molecule has 0 aromatic heterocycles. The van der Waals surface area contributed by atoms with E-state index in [0.29, 0.717) is 19.9 Å². The molecule has 0 saturated carbocycles. The highest BCUT2D eigenvalue weighted by Gasteiger charge is 2.21. The Morgan fingerprint density at radius 1 is 0.929 bits per heavy atom. The Morgan fingerprint density at radius 2 is 1.64 bits per heavy atom. The average Bonchev–Trinajstić information content (AvgIpc) is 3.18. The largest absolute Gasteiger partial charge is 0.454 e. The molecule has 2 heterocycles. The summed E-state index contributed by atoms with van der Waals surface area (Å²) in [4.78, 5) is 19.0. The van der Waals surface area contributed by atoms with Gasteiger partial charge in [0.15, 0.2) is 11.5 Å². The summed E-state index contributed by atoms with van der Waals surface area (Å²) in [6, 6.07) is 16.3. The monoisotopic (exact) mass is 381 g/mol. The van der Waals surface area contributed by atoms with Crippen molar-refractivity contribution in [1.29, 1.82) is 0 Å². The molecule has 148 valence electrons. The van der Waals surface area contributed by atoms with E-state index in [1.165, 1.54) is 5.56 Å². The fourth-order valence-corrected chi connectivity index (χ4v) is 3.66. The SMILES string of the molecule is CN(Cc1ccccc1)C(=O)CN1CCN(Cc2ccc3c(c2)OCO3)CC1. The first-order valence-corrected chi connectivity index (χ1v) is 9.78. The second kappa shape index (κ2) is 8.63. The zero-order chi connectivity index (χ0) is 19.3. The zero-order valence-corrected chi connectivity index (χ0v) is 16.3. The number of carbonyl (C=O) groups excluding carboxylic acids is 1. The van der Waals surface area contributed by atoms with Crippen molar-refractivity contribution in [3.63, 3.8) is 0 Å². The van der Waals surface area contributed by atoms with Gasteiger partial charge in [0.05, 0.1) is 6.54 Å². The minimum Gasteiger partial charge on any atom is -0.454 e. The maximum atomic E-state index is 12.5. The number of fused-ring (bicyclic) bond motifs is 1. The number of likely N-dealkylation sites (N-methyl/N-ethyl adjacent to an activating group) is 1. The van der Waals surface area contributed by atoms with Crippen LogP contribution in [-0.2, 0) is 17.9 Å². The van der Waals surface area contributed by atoms with Crippen LogP contribution in [0.3, 0.4) is 0 Å². The van der Waals surface area contributed by atoms with Crippen LogP contribution in [0.5, 0.6) is 11.5 Å². The van der Waals surface area contributed by atoms with Crippen LogP contribution < -0.4 is 9.47 Å². The number of carbonyl (C=O) groups is 1. The van der Waals surface area contributed by atoms with Crippen molar-refractivity contribution in [1.82, 2.24) is 14.7 Å². The van der Waals surface area contributed by atoms with Crippen LogP contribution in [0.15, 0.2) is 48.5 Å². The Balaban J connectivity index is 1.22. The van der Waals surface area contributed by atoms with Crippen LogP contribution >= 0.6 is 0 Å². The summed E-state index contributed by atoms with van der Waals surface area (Å²) in [5.41, 5.74) is 2.39.